The molecule has 1 rings (SSSR count). The van der Waals surface area contributed by atoms with Gasteiger partial charge in [-0.2, -0.15) is 0 Å². The van der Waals surface area contributed by atoms with Crippen molar-refractivity contribution in [3.8, 4) is 0 Å². The summed E-state index contributed by atoms with van der Waals surface area (Å²) >= 11 is 0. The second kappa shape index (κ2) is 7.22. The van der Waals surface area contributed by atoms with Crippen LogP contribution in [-0.4, -0.2) is 35.5 Å². The zero-order chi connectivity index (χ0) is 16.0. The van der Waals surface area contributed by atoms with Crippen molar-refractivity contribution >= 4 is 11.6 Å². The maximum Gasteiger partial charge on any atom is 0.295 e. The second-order valence-corrected chi connectivity index (χ2v) is 5.08. The Hall–Kier alpha value is -1.88. The summed E-state index contributed by atoms with van der Waals surface area (Å²) in [5.74, 6) is -1.02. The van der Waals surface area contributed by atoms with Gasteiger partial charge in [0.25, 0.3) is 5.95 Å². The van der Waals surface area contributed by atoms with Gasteiger partial charge in [0, 0.05) is 6.42 Å². The number of ether oxygens (including phenoxy) is 2. The van der Waals surface area contributed by atoms with Crippen molar-refractivity contribution in [2.24, 2.45) is 0 Å². The van der Waals surface area contributed by atoms with E-state index >= 15 is 0 Å². The number of carbonyl (C=O) groups is 2. The third-order valence-corrected chi connectivity index (χ3v) is 3.03. The van der Waals surface area contributed by atoms with Gasteiger partial charge < -0.3 is 14.6 Å². The van der Waals surface area contributed by atoms with Crippen molar-refractivity contribution in [2.45, 2.75) is 45.3 Å². The molecule has 0 spiro atoms. The molecule has 0 aromatic carbocycles. The molecule has 2 atom stereocenters. The van der Waals surface area contributed by atoms with Crippen molar-refractivity contribution in [2.75, 3.05) is 7.11 Å². The quantitative estimate of drug-likeness (QED) is 0.575. The number of hydrogen-bond acceptors (Lipinski definition) is 5. The maximum atomic E-state index is 12.4. The van der Waals surface area contributed by atoms with Crippen LogP contribution in [0.4, 0.5) is 0 Å². The Kier molecular flexibility index (Phi) is 5.90. The van der Waals surface area contributed by atoms with Gasteiger partial charge in [0.15, 0.2) is 11.4 Å². The first-order valence-corrected chi connectivity index (χ1v) is 6.93. The molecule has 5 heteroatoms. The van der Waals surface area contributed by atoms with Crippen molar-refractivity contribution in [1.29, 1.82) is 0 Å². The third-order valence-electron chi connectivity index (χ3n) is 3.03. The molecule has 0 aromatic rings. The zero-order valence-corrected chi connectivity index (χ0v) is 12.9. The lowest BCUT2D eigenvalue weighted by molar-refractivity contribution is -0.128. The van der Waals surface area contributed by atoms with E-state index in [1.54, 1.807) is 19.1 Å². The predicted octanol–water partition coefficient (Wildman–Crippen LogP) is 2.06. The summed E-state index contributed by atoms with van der Waals surface area (Å²) in [6, 6.07) is 0. The molecule has 0 aliphatic carbocycles. The lowest BCUT2D eigenvalue weighted by atomic mass is 9.93. The average molecular weight is 294 g/mol. The standard InChI is InChI=1S/C16H22O5/c1-5-6-7-8-9-16(3)14(19)13(15(20-4)21-16)12(18)10-11(2)17/h6-9,11,17H,5,10H2,1-4H3/b7-6+,9-8+. The fraction of sp³-hybridized carbons (Fsp3) is 0.500. The Morgan fingerprint density at radius 3 is 2.67 bits per heavy atom. The molecule has 116 valence electrons. The Bertz CT molecular complexity index is 499. The van der Waals surface area contributed by atoms with Crippen molar-refractivity contribution < 1.29 is 24.2 Å². The van der Waals surface area contributed by atoms with Gasteiger partial charge in [0.1, 0.15) is 5.57 Å². The highest BCUT2D eigenvalue weighted by atomic mass is 16.7. The van der Waals surface area contributed by atoms with Gasteiger partial charge >= 0.3 is 0 Å². The summed E-state index contributed by atoms with van der Waals surface area (Å²) in [5.41, 5.74) is -1.38. The van der Waals surface area contributed by atoms with Gasteiger partial charge in [0.2, 0.25) is 5.78 Å². The monoisotopic (exact) mass is 294 g/mol. The van der Waals surface area contributed by atoms with Crippen LogP contribution in [0.3, 0.4) is 0 Å². The van der Waals surface area contributed by atoms with Gasteiger partial charge in [0.05, 0.1) is 13.2 Å². The number of aliphatic hydroxyl groups excluding tert-OH is 1. The Labute approximate surface area is 124 Å². The molecule has 0 saturated heterocycles. The van der Waals surface area contributed by atoms with Crippen LogP contribution in [-0.2, 0) is 19.1 Å². The highest BCUT2D eigenvalue weighted by Crippen LogP contribution is 2.33. The van der Waals surface area contributed by atoms with E-state index in [1.807, 2.05) is 19.1 Å². The normalized spacial score (nSPS) is 24.0. The molecular weight excluding hydrogens is 272 g/mol. The van der Waals surface area contributed by atoms with E-state index < -0.39 is 23.3 Å². The van der Waals surface area contributed by atoms with Gasteiger partial charge in [-0.25, -0.2) is 0 Å². The molecular formula is C16H22O5. The lowest BCUT2D eigenvalue weighted by Crippen LogP contribution is -2.33. The number of aliphatic hydroxyl groups is 1. The summed E-state index contributed by atoms with van der Waals surface area (Å²) in [6.07, 6.45) is 6.95. The Balaban J connectivity index is 2.99. The molecule has 1 N–H and O–H groups in total. The molecule has 5 nitrogen and oxygen atoms in total. The number of Topliss-reactive ketones (excluding diaryl/α,β-unsaturated/α-hetero) is 2. The topological polar surface area (TPSA) is 72.8 Å². The number of ketones is 2. The Morgan fingerprint density at radius 2 is 2.14 bits per heavy atom. The number of methoxy groups -OCH3 is 1. The second-order valence-electron chi connectivity index (χ2n) is 5.08. The Morgan fingerprint density at radius 1 is 1.48 bits per heavy atom. The van der Waals surface area contributed by atoms with E-state index in [0.717, 1.165) is 6.42 Å². The van der Waals surface area contributed by atoms with Gasteiger partial charge in [-0.1, -0.05) is 25.2 Å². The van der Waals surface area contributed by atoms with Crippen molar-refractivity contribution in [1.82, 2.24) is 0 Å². The van der Waals surface area contributed by atoms with Crippen molar-refractivity contribution in [3.63, 3.8) is 0 Å². The van der Waals surface area contributed by atoms with E-state index in [1.165, 1.54) is 14.0 Å². The summed E-state index contributed by atoms with van der Waals surface area (Å²) in [4.78, 5) is 24.5. The van der Waals surface area contributed by atoms with Gasteiger partial charge in [-0.15, -0.1) is 0 Å². The molecule has 1 heterocycles. The van der Waals surface area contributed by atoms with Crippen LogP contribution < -0.4 is 0 Å². The third kappa shape index (κ3) is 4.04. The highest BCUT2D eigenvalue weighted by molar-refractivity contribution is 6.25. The first-order valence-electron chi connectivity index (χ1n) is 6.93. The summed E-state index contributed by atoms with van der Waals surface area (Å²) in [6.45, 7) is 5.06. The molecule has 0 amide bonds. The molecule has 21 heavy (non-hydrogen) atoms. The highest BCUT2D eigenvalue weighted by Gasteiger charge is 2.47. The van der Waals surface area contributed by atoms with E-state index in [4.69, 9.17) is 9.47 Å². The van der Waals surface area contributed by atoms with E-state index in [0.29, 0.717) is 0 Å². The van der Waals surface area contributed by atoms with Crippen LogP contribution in [0, 0.1) is 0 Å². The maximum absolute atomic E-state index is 12.4. The van der Waals surface area contributed by atoms with E-state index in [9.17, 15) is 14.7 Å². The minimum atomic E-state index is -1.26. The van der Waals surface area contributed by atoms with Gasteiger partial charge in [-0.05, 0) is 26.3 Å². The number of carbonyl (C=O) groups excluding carboxylic acids is 2. The fourth-order valence-electron chi connectivity index (χ4n) is 1.95. The molecule has 0 fully saturated rings. The van der Waals surface area contributed by atoms with Crippen LogP contribution in [0.25, 0.3) is 0 Å². The summed E-state index contributed by atoms with van der Waals surface area (Å²) < 4.78 is 10.5. The van der Waals surface area contributed by atoms with Gasteiger partial charge in [-0.3, -0.25) is 9.59 Å². The van der Waals surface area contributed by atoms with Crippen LogP contribution in [0.2, 0.25) is 0 Å². The molecule has 0 aromatic heterocycles. The van der Waals surface area contributed by atoms with Crippen LogP contribution >= 0.6 is 0 Å². The van der Waals surface area contributed by atoms with Crippen LogP contribution in [0.5, 0.6) is 0 Å². The first-order chi connectivity index (χ1) is 9.85. The molecule has 2 unspecified atom stereocenters. The first kappa shape index (κ1) is 17.2. The fourth-order valence-corrected chi connectivity index (χ4v) is 1.95. The average Bonchev–Trinajstić information content (AvgIpc) is 2.66. The van der Waals surface area contributed by atoms with Crippen LogP contribution in [0.15, 0.2) is 35.8 Å². The number of hydrogen-bond donors (Lipinski definition) is 1. The molecule has 0 bridgehead atoms. The molecule has 0 saturated carbocycles. The summed E-state index contributed by atoms with van der Waals surface area (Å²) in [7, 11) is 1.34. The van der Waals surface area contributed by atoms with E-state index in [2.05, 4.69) is 0 Å². The lowest BCUT2D eigenvalue weighted by Gasteiger charge is -2.18. The predicted molar refractivity (Wildman–Crippen MR) is 78.4 cm³/mol. The minimum Gasteiger partial charge on any atom is -0.468 e. The molecule has 0 radical (unpaired) electrons. The zero-order valence-electron chi connectivity index (χ0n) is 12.9. The SMILES string of the molecule is CC/C=C/C=C/C1(C)OC(OC)=C(C(=O)CC(C)O)C1=O. The molecule has 1 aliphatic heterocycles. The van der Waals surface area contributed by atoms with Crippen LogP contribution in [0.1, 0.15) is 33.6 Å². The molecule has 1 aliphatic rings. The number of allylic oxidation sites excluding steroid dienone is 3. The minimum absolute atomic E-state index is 0.0859. The summed E-state index contributed by atoms with van der Waals surface area (Å²) in [5, 5.41) is 9.30. The number of rotatable bonds is 7. The largest absolute Gasteiger partial charge is 0.468 e. The smallest absolute Gasteiger partial charge is 0.295 e. The van der Waals surface area contributed by atoms with E-state index in [-0.39, 0.29) is 17.9 Å². The van der Waals surface area contributed by atoms with Crippen molar-refractivity contribution in [3.05, 3.63) is 35.8 Å².